The molecule has 2 atom stereocenters. The van der Waals surface area contributed by atoms with Crippen LogP contribution >= 0.6 is 0 Å². The first-order valence-electron chi connectivity index (χ1n) is 11.1. The van der Waals surface area contributed by atoms with Gasteiger partial charge in [0.05, 0.1) is 23.0 Å². The number of halogens is 1. The molecular formula is C28H23FN4. The van der Waals surface area contributed by atoms with Crippen LogP contribution in [0.4, 0.5) is 4.39 Å². The van der Waals surface area contributed by atoms with Crippen LogP contribution in [0.5, 0.6) is 0 Å². The minimum atomic E-state index is -0.551. The number of nitriles is 1. The number of hydrogen-bond donors (Lipinski definition) is 0. The summed E-state index contributed by atoms with van der Waals surface area (Å²) < 4.78 is 14.6. The predicted molar refractivity (Wildman–Crippen MR) is 129 cm³/mol. The zero-order chi connectivity index (χ0) is 22.9. The fourth-order valence-electron chi connectivity index (χ4n) is 5.11. The van der Waals surface area contributed by atoms with E-state index < -0.39 is 5.83 Å². The highest BCUT2D eigenvalue weighted by Crippen LogP contribution is 2.46. The summed E-state index contributed by atoms with van der Waals surface area (Å²) in [7, 11) is 0. The Morgan fingerprint density at radius 2 is 2.06 bits per heavy atom. The SMILES string of the molecule is C=C/C=C(\C(=C)F)c1nc(-c2ccnc3ccccc23)nc2c1CCC1CC=C(C#N)CC21. The van der Waals surface area contributed by atoms with Crippen LogP contribution in [0.1, 0.15) is 42.1 Å². The van der Waals surface area contributed by atoms with Crippen molar-refractivity contribution in [2.45, 2.75) is 31.6 Å². The molecular weight excluding hydrogens is 411 g/mol. The standard InChI is InChI=1S/C28H23FN4/c1-3-6-20(17(2)29)26-23-12-11-19-10-9-18(16-30)15-24(19)27(23)33-28(32-26)22-13-14-31-25-8-5-4-7-21(22)25/h3-9,13-14,19,24H,1-2,10-12,15H2/b20-6+. The van der Waals surface area contributed by atoms with Gasteiger partial charge in [0.1, 0.15) is 5.83 Å². The first kappa shape index (κ1) is 21.0. The van der Waals surface area contributed by atoms with E-state index in [4.69, 9.17) is 9.97 Å². The van der Waals surface area contributed by atoms with Crippen molar-refractivity contribution in [3.8, 4) is 17.5 Å². The van der Waals surface area contributed by atoms with Crippen LogP contribution < -0.4 is 0 Å². The third kappa shape index (κ3) is 3.68. The maximum atomic E-state index is 14.6. The molecule has 162 valence electrons. The van der Waals surface area contributed by atoms with Crippen LogP contribution in [0.3, 0.4) is 0 Å². The molecule has 5 rings (SSSR count). The summed E-state index contributed by atoms with van der Waals surface area (Å²) in [4.78, 5) is 14.4. The van der Waals surface area contributed by atoms with Crippen molar-refractivity contribution in [1.29, 1.82) is 5.26 Å². The Labute approximate surface area is 192 Å². The van der Waals surface area contributed by atoms with Crippen LogP contribution in [-0.4, -0.2) is 15.0 Å². The van der Waals surface area contributed by atoms with Crippen molar-refractivity contribution in [2.24, 2.45) is 5.92 Å². The average molecular weight is 435 g/mol. The van der Waals surface area contributed by atoms with E-state index in [0.29, 0.717) is 29.4 Å². The lowest BCUT2D eigenvalue weighted by molar-refractivity contribution is 0.351. The number of allylic oxidation sites excluding steroid dienone is 6. The van der Waals surface area contributed by atoms with Gasteiger partial charge in [-0.2, -0.15) is 5.26 Å². The summed E-state index contributed by atoms with van der Waals surface area (Å²) in [5.74, 6) is 0.511. The van der Waals surface area contributed by atoms with Gasteiger partial charge < -0.3 is 0 Å². The molecule has 2 aliphatic carbocycles. The molecule has 1 aromatic carbocycles. The molecule has 2 unspecified atom stereocenters. The van der Waals surface area contributed by atoms with Crippen molar-refractivity contribution in [1.82, 2.24) is 15.0 Å². The summed E-state index contributed by atoms with van der Waals surface area (Å²) in [6, 6.07) is 12.1. The third-order valence-electron chi connectivity index (χ3n) is 6.70. The van der Waals surface area contributed by atoms with E-state index in [9.17, 15) is 9.65 Å². The molecule has 0 amide bonds. The predicted octanol–water partition coefficient (Wildman–Crippen LogP) is 6.63. The summed E-state index contributed by atoms with van der Waals surface area (Å²) in [5.41, 5.74) is 5.25. The highest BCUT2D eigenvalue weighted by Gasteiger charge is 2.36. The number of nitrogens with zero attached hydrogens (tertiary/aromatic N) is 4. The lowest BCUT2D eigenvalue weighted by Gasteiger charge is -2.36. The number of fused-ring (bicyclic) bond motifs is 4. The summed E-state index contributed by atoms with van der Waals surface area (Å²) in [6.45, 7) is 7.30. The molecule has 4 nitrogen and oxygen atoms in total. The maximum Gasteiger partial charge on any atom is 0.160 e. The number of hydrogen-bond acceptors (Lipinski definition) is 4. The Balaban J connectivity index is 1.79. The van der Waals surface area contributed by atoms with Gasteiger partial charge in [0.2, 0.25) is 0 Å². The van der Waals surface area contributed by atoms with Crippen LogP contribution in [0, 0.1) is 17.2 Å². The van der Waals surface area contributed by atoms with Gasteiger partial charge >= 0.3 is 0 Å². The molecule has 0 saturated heterocycles. The smallest absolute Gasteiger partial charge is 0.160 e. The van der Waals surface area contributed by atoms with Crippen molar-refractivity contribution in [3.05, 3.63) is 96.3 Å². The number of rotatable bonds is 4. The second-order valence-electron chi connectivity index (χ2n) is 8.54. The highest BCUT2D eigenvalue weighted by atomic mass is 19.1. The Hall–Kier alpha value is -3.91. The van der Waals surface area contributed by atoms with Crippen LogP contribution in [0.15, 0.2) is 79.3 Å². The number of benzene rings is 1. The van der Waals surface area contributed by atoms with E-state index in [0.717, 1.165) is 52.6 Å². The monoisotopic (exact) mass is 434 g/mol. The van der Waals surface area contributed by atoms with Gasteiger partial charge in [-0.25, -0.2) is 14.4 Å². The van der Waals surface area contributed by atoms with Crippen molar-refractivity contribution in [3.63, 3.8) is 0 Å². The molecule has 0 fully saturated rings. The first-order chi connectivity index (χ1) is 16.1. The maximum absolute atomic E-state index is 14.6. The Kier molecular flexibility index (Phi) is 5.43. The molecule has 0 spiro atoms. The van der Waals surface area contributed by atoms with E-state index >= 15 is 0 Å². The van der Waals surface area contributed by atoms with Gasteiger partial charge in [-0.3, -0.25) is 4.98 Å². The average Bonchev–Trinajstić information content (AvgIpc) is 2.85. The third-order valence-corrected chi connectivity index (χ3v) is 6.70. The van der Waals surface area contributed by atoms with E-state index in [2.05, 4.69) is 30.3 Å². The molecule has 0 radical (unpaired) electrons. The van der Waals surface area contributed by atoms with Gasteiger partial charge in [-0.05, 0) is 43.7 Å². The first-order valence-corrected chi connectivity index (χ1v) is 11.1. The van der Waals surface area contributed by atoms with Crippen molar-refractivity contribution in [2.75, 3.05) is 0 Å². The Bertz CT molecular complexity index is 1390. The van der Waals surface area contributed by atoms with Crippen LogP contribution in [0.2, 0.25) is 0 Å². The molecule has 0 saturated carbocycles. The molecule has 0 bridgehead atoms. The normalized spacial score (nSPS) is 19.8. The van der Waals surface area contributed by atoms with Gasteiger partial charge in [0.15, 0.2) is 5.82 Å². The minimum Gasteiger partial charge on any atom is -0.256 e. The van der Waals surface area contributed by atoms with E-state index in [1.54, 1.807) is 18.3 Å². The molecule has 0 N–H and O–H groups in total. The zero-order valence-corrected chi connectivity index (χ0v) is 18.3. The zero-order valence-electron chi connectivity index (χ0n) is 18.3. The number of para-hydroxylation sites is 1. The van der Waals surface area contributed by atoms with E-state index in [1.165, 1.54) is 0 Å². The van der Waals surface area contributed by atoms with Crippen molar-refractivity contribution < 1.29 is 4.39 Å². The largest absolute Gasteiger partial charge is 0.256 e. The van der Waals surface area contributed by atoms with Crippen LogP contribution in [-0.2, 0) is 6.42 Å². The fraction of sp³-hybridized carbons (Fsp3) is 0.214. The Morgan fingerprint density at radius 3 is 2.85 bits per heavy atom. The molecule has 33 heavy (non-hydrogen) atoms. The molecule has 2 aromatic heterocycles. The topological polar surface area (TPSA) is 62.5 Å². The van der Waals surface area contributed by atoms with Gasteiger partial charge in [0, 0.05) is 39.8 Å². The van der Waals surface area contributed by atoms with E-state index in [1.807, 2.05) is 30.3 Å². The second kappa shape index (κ2) is 8.55. The van der Waals surface area contributed by atoms with Crippen LogP contribution in [0.25, 0.3) is 27.9 Å². The van der Waals surface area contributed by atoms with Crippen molar-refractivity contribution >= 4 is 16.5 Å². The highest BCUT2D eigenvalue weighted by molar-refractivity contribution is 5.93. The Morgan fingerprint density at radius 1 is 1.21 bits per heavy atom. The van der Waals surface area contributed by atoms with Gasteiger partial charge in [-0.15, -0.1) is 0 Å². The van der Waals surface area contributed by atoms with E-state index in [-0.39, 0.29) is 5.92 Å². The molecule has 0 aliphatic heterocycles. The molecule has 2 heterocycles. The summed E-state index contributed by atoms with van der Waals surface area (Å²) >= 11 is 0. The molecule has 2 aliphatic rings. The lowest BCUT2D eigenvalue weighted by atomic mass is 9.70. The summed E-state index contributed by atoms with van der Waals surface area (Å²) in [5, 5.41) is 10.5. The number of aromatic nitrogens is 3. The second-order valence-corrected chi connectivity index (χ2v) is 8.54. The van der Waals surface area contributed by atoms with Gasteiger partial charge in [0.25, 0.3) is 0 Å². The molecule has 5 heteroatoms. The lowest BCUT2D eigenvalue weighted by Crippen LogP contribution is -2.26. The number of pyridine rings is 1. The molecule has 3 aromatic rings. The quantitative estimate of drug-likeness (QED) is 0.432. The van der Waals surface area contributed by atoms with Gasteiger partial charge in [-0.1, -0.05) is 49.6 Å². The minimum absolute atomic E-state index is 0.111. The summed E-state index contributed by atoms with van der Waals surface area (Å²) in [6.07, 6.45) is 10.2. The fourth-order valence-corrected chi connectivity index (χ4v) is 5.11.